The summed E-state index contributed by atoms with van der Waals surface area (Å²) in [4.78, 5) is 56.3. The van der Waals surface area contributed by atoms with E-state index in [0.717, 1.165) is 32.1 Å². The van der Waals surface area contributed by atoms with Gasteiger partial charge >= 0.3 is 0 Å². The number of nitrogens with zero attached hydrogens (tertiary/aromatic N) is 1. The fraction of sp³-hybridized carbons (Fsp3) is 0.385. The Morgan fingerprint density at radius 2 is 1.42 bits per heavy atom. The molecule has 3 atom stereocenters. The van der Waals surface area contributed by atoms with E-state index in [4.69, 9.17) is 16.3 Å². The molecule has 2 aliphatic carbocycles. The summed E-state index contributed by atoms with van der Waals surface area (Å²) in [6, 6.07) is 13.1. The number of hydrogen-bond donors (Lipinski definition) is 0. The maximum absolute atomic E-state index is 13.8. The zero-order chi connectivity index (χ0) is 22.9. The second-order valence-electron chi connectivity index (χ2n) is 9.37. The molecular weight excluding hydrogens is 442 g/mol. The van der Waals surface area contributed by atoms with E-state index in [-0.39, 0.29) is 23.1 Å². The number of likely N-dealkylation sites (tertiary alicyclic amines) is 1. The molecule has 168 valence electrons. The molecule has 33 heavy (non-hydrogen) atoms. The van der Waals surface area contributed by atoms with Crippen LogP contribution >= 0.6 is 11.6 Å². The Bertz CT molecular complexity index is 1160. The fourth-order valence-electron chi connectivity index (χ4n) is 6.19. The minimum atomic E-state index is -2.01. The molecule has 2 heterocycles. The normalized spacial score (nSPS) is 28.6. The number of rotatable bonds is 2. The number of fused-ring (bicyclic) bond motifs is 3. The quantitative estimate of drug-likeness (QED) is 0.493. The third-order valence-corrected chi connectivity index (χ3v) is 7.94. The molecule has 0 radical (unpaired) electrons. The maximum Gasteiger partial charge on any atom is 0.237 e. The molecule has 0 aromatic heterocycles. The Balaban J connectivity index is 1.50. The van der Waals surface area contributed by atoms with E-state index >= 15 is 0 Å². The largest absolute Gasteiger partial charge is 0.349 e. The summed E-state index contributed by atoms with van der Waals surface area (Å²) in [6.45, 7) is 0. The molecule has 2 aromatic rings. The van der Waals surface area contributed by atoms with Gasteiger partial charge in [0, 0.05) is 22.2 Å². The van der Waals surface area contributed by atoms with E-state index in [2.05, 4.69) is 0 Å². The Morgan fingerprint density at radius 3 is 2.03 bits per heavy atom. The van der Waals surface area contributed by atoms with Crippen LogP contribution in [0.1, 0.15) is 64.5 Å². The molecule has 6 nitrogen and oxygen atoms in total. The lowest BCUT2D eigenvalue weighted by molar-refractivity contribution is -0.148. The molecule has 2 aromatic carbocycles. The number of ketones is 2. The van der Waals surface area contributed by atoms with Gasteiger partial charge in [-0.3, -0.25) is 24.1 Å². The first-order valence-electron chi connectivity index (χ1n) is 11.4. The molecule has 4 aliphatic rings. The van der Waals surface area contributed by atoms with Gasteiger partial charge in [-0.25, -0.2) is 0 Å². The molecule has 0 bridgehead atoms. The first-order valence-corrected chi connectivity index (χ1v) is 11.8. The Morgan fingerprint density at radius 1 is 0.818 bits per heavy atom. The van der Waals surface area contributed by atoms with Crippen molar-refractivity contribution in [3.8, 4) is 0 Å². The lowest BCUT2D eigenvalue weighted by Gasteiger charge is -2.33. The number of carbonyl (C=O) groups is 4. The zero-order valence-corrected chi connectivity index (χ0v) is 18.6. The van der Waals surface area contributed by atoms with E-state index in [1.165, 1.54) is 4.90 Å². The Hall–Kier alpha value is -2.83. The number of hydrogen-bond acceptors (Lipinski definition) is 5. The van der Waals surface area contributed by atoms with Crippen LogP contribution in [0.15, 0.2) is 48.5 Å². The number of benzene rings is 2. The average molecular weight is 464 g/mol. The van der Waals surface area contributed by atoms with E-state index < -0.39 is 41.0 Å². The third kappa shape index (κ3) is 2.71. The van der Waals surface area contributed by atoms with Crippen molar-refractivity contribution < 1.29 is 23.9 Å². The Kier molecular flexibility index (Phi) is 4.61. The summed E-state index contributed by atoms with van der Waals surface area (Å²) in [5, 5.41) is 0.515. The van der Waals surface area contributed by atoms with Gasteiger partial charge in [0.25, 0.3) is 0 Å². The summed E-state index contributed by atoms with van der Waals surface area (Å²) in [7, 11) is 0. The molecule has 2 saturated heterocycles. The number of Topliss-reactive ketones (excluding diaryl/α,β-unsaturated/α-hetero) is 2. The van der Waals surface area contributed by atoms with Gasteiger partial charge in [-0.1, -0.05) is 67.3 Å². The van der Waals surface area contributed by atoms with Gasteiger partial charge in [0.2, 0.25) is 29.0 Å². The van der Waals surface area contributed by atoms with Gasteiger partial charge in [-0.05, 0) is 30.5 Å². The highest BCUT2D eigenvalue weighted by Crippen LogP contribution is 2.57. The summed E-state index contributed by atoms with van der Waals surface area (Å²) in [5.74, 6) is -3.95. The van der Waals surface area contributed by atoms with Gasteiger partial charge in [0.15, 0.2) is 0 Å². The summed E-state index contributed by atoms with van der Waals surface area (Å²) >= 11 is 6.06. The van der Waals surface area contributed by atoms with Crippen molar-refractivity contribution >= 4 is 35.0 Å². The van der Waals surface area contributed by atoms with Gasteiger partial charge in [0.1, 0.15) is 0 Å². The predicted octanol–water partition coefficient (Wildman–Crippen LogP) is 4.16. The van der Waals surface area contributed by atoms with Crippen molar-refractivity contribution in [2.75, 3.05) is 0 Å². The number of amides is 2. The minimum absolute atomic E-state index is 0.193. The number of carbonyl (C=O) groups excluding carboxylic acids is 4. The number of imide groups is 1. The summed E-state index contributed by atoms with van der Waals surface area (Å²) in [5.41, 5.74) is -0.896. The lowest BCUT2D eigenvalue weighted by Crippen LogP contribution is -2.52. The van der Waals surface area contributed by atoms with Gasteiger partial charge < -0.3 is 4.74 Å². The van der Waals surface area contributed by atoms with Crippen LogP contribution in [0.2, 0.25) is 5.02 Å². The van der Waals surface area contributed by atoms with Gasteiger partial charge in [-0.15, -0.1) is 0 Å². The van der Waals surface area contributed by atoms with Crippen molar-refractivity contribution in [2.24, 2.45) is 11.8 Å². The Labute approximate surface area is 195 Å². The first kappa shape index (κ1) is 20.8. The van der Waals surface area contributed by atoms with Gasteiger partial charge in [0.05, 0.1) is 17.9 Å². The van der Waals surface area contributed by atoms with Crippen molar-refractivity contribution in [1.82, 2.24) is 4.90 Å². The van der Waals surface area contributed by atoms with Crippen LogP contribution in [0.5, 0.6) is 0 Å². The molecule has 3 fully saturated rings. The zero-order valence-electron chi connectivity index (χ0n) is 17.8. The standard InChI is InChI=1S/C26H22ClNO5/c27-15-12-10-14(11-13-15)21-19-20(25(32)28(24(19)31)16-6-2-1-3-7-16)26(33-21)22(29)17-8-4-5-9-18(17)23(26)30/h4-5,8-13,16,19-21H,1-3,6-7H2/t19-,20-,21+/m1/s1. The predicted molar refractivity (Wildman–Crippen MR) is 119 cm³/mol. The fourth-order valence-corrected chi connectivity index (χ4v) is 6.32. The van der Waals surface area contributed by atoms with Crippen molar-refractivity contribution in [2.45, 2.75) is 49.9 Å². The molecule has 6 rings (SSSR count). The van der Waals surface area contributed by atoms with Crippen LogP contribution in [0.25, 0.3) is 0 Å². The average Bonchev–Trinajstić information content (AvgIpc) is 3.40. The minimum Gasteiger partial charge on any atom is -0.349 e. The molecular formula is C26H22ClNO5. The second kappa shape index (κ2) is 7.34. The van der Waals surface area contributed by atoms with Crippen LogP contribution in [-0.4, -0.2) is 39.9 Å². The molecule has 0 N–H and O–H groups in total. The van der Waals surface area contributed by atoms with Crippen LogP contribution in [0, 0.1) is 11.8 Å². The third-order valence-electron chi connectivity index (χ3n) is 7.69. The van der Waals surface area contributed by atoms with Crippen LogP contribution in [0.4, 0.5) is 0 Å². The van der Waals surface area contributed by atoms with E-state index in [1.54, 1.807) is 48.5 Å². The lowest BCUT2D eigenvalue weighted by atomic mass is 9.77. The van der Waals surface area contributed by atoms with Crippen molar-refractivity contribution in [3.05, 3.63) is 70.2 Å². The van der Waals surface area contributed by atoms with Crippen LogP contribution in [0.3, 0.4) is 0 Å². The maximum atomic E-state index is 13.8. The van der Waals surface area contributed by atoms with Crippen LogP contribution < -0.4 is 0 Å². The molecule has 0 unspecified atom stereocenters. The first-order chi connectivity index (χ1) is 15.9. The van der Waals surface area contributed by atoms with Gasteiger partial charge in [-0.2, -0.15) is 0 Å². The van der Waals surface area contributed by atoms with E-state index in [9.17, 15) is 19.2 Å². The SMILES string of the molecule is O=C1[C@H]2[C@H](c3ccc(Cl)cc3)OC3(C(=O)c4ccccc4C3=O)[C@H]2C(=O)N1C1CCCCC1. The molecule has 1 saturated carbocycles. The highest BCUT2D eigenvalue weighted by Gasteiger charge is 2.75. The molecule has 2 aliphatic heterocycles. The summed E-state index contributed by atoms with van der Waals surface area (Å²) in [6.07, 6.45) is 3.58. The molecule has 2 amide bonds. The molecule has 7 heteroatoms. The topological polar surface area (TPSA) is 80.8 Å². The van der Waals surface area contributed by atoms with Crippen LogP contribution in [-0.2, 0) is 14.3 Å². The van der Waals surface area contributed by atoms with Crippen molar-refractivity contribution in [3.63, 3.8) is 0 Å². The monoisotopic (exact) mass is 463 g/mol. The number of ether oxygens (including phenoxy) is 1. The summed E-state index contributed by atoms with van der Waals surface area (Å²) < 4.78 is 6.28. The second-order valence-corrected chi connectivity index (χ2v) is 9.81. The highest BCUT2D eigenvalue weighted by molar-refractivity contribution is 6.35. The van der Waals surface area contributed by atoms with E-state index in [0.29, 0.717) is 10.6 Å². The van der Waals surface area contributed by atoms with Crippen molar-refractivity contribution in [1.29, 1.82) is 0 Å². The smallest absolute Gasteiger partial charge is 0.237 e. The number of halogens is 1. The highest BCUT2D eigenvalue weighted by atomic mass is 35.5. The molecule has 1 spiro atoms. The van der Waals surface area contributed by atoms with E-state index in [1.807, 2.05) is 0 Å².